The van der Waals surface area contributed by atoms with Crippen LogP contribution in [0.3, 0.4) is 0 Å². The van der Waals surface area contributed by atoms with Crippen molar-refractivity contribution in [2.45, 2.75) is 20.8 Å². The van der Waals surface area contributed by atoms with Gasteiger partial charge in [-0.1, -0.05) is 26.0 Å². The predicted molar refractivity (Wildman–Crippen MR) is 64.2 cm³/mol. The van der Waals surface area contributed by atoms with E-state index in [1.807, 2.05) is 13.8 Å². The molecule has 4 nitrogen and oxygen atoms in total. The topological polar surface area (TPSA) is 58.2 Å². The van der Waals surface area contributed by atoms with E-state index in [0.29, 0.717) is 11.4 Å². The summed E-state index contributed by atoms with van der Waals surface area (Å²) in [4.78, 5) is 22.5. The molecule has 1 aromatic rings. The van der Waals surface area contributed by atoms with Crippen LogP contribution in [0.2, 0.25) is 0 Å². The quantitative estimate of drug-likeness (QED) is 0.820. The van der Waals surface area contributed by atoms with Crippen molar-refractivity contribution < 1.29 is 9.59 Å². The number of anilines is 2. The fourth-order valence-corrected chi connectivity index (χ4v) is 1.17. The standard InChI is InChI=1S/C12H16N2O2/c1-8(2)12(16)14-11-7-5-4-6-10(11)13-9(3)15/h4-8H,1-3H3,(H,13,15)(H,14,16). The zero-order valence-corrected chi connectivity index (χ0v) is 9.70. The molecule has 16 heavy (non-hydrogen) atoms. The van der Waals surface area contributed by atoms with Crippen LogP contribution in [0.1, 0.15) is 20.8 Å². The number of benzene rings is 1. The maximum atomic E-state index is 11.5. The summed E-state index contributed by atoms with van der Waals surface area (Å²) in [6.45, 7) is 5.06. The Morgan fingerprint density at radius 3 is 2.00 bits per heavy atom. The van der Waals surface area contributed by atoms with Crippen LogP contribution >= 0.6 is 0 Å². The fraction of sp³-hybridized carbons (Fsp3) is 0.333. The molecule has 1 rings (SSSR count). The highest BCUT2D eigenvalue weighted by molar-refractivity contribution is 5.99. The van der Waals surface area contributed by atoms with Crippen molar-refractivity contribution in [2.24, 2.45) is 5.92 Å². The minimum atomic E-state index is -0.161. The Hall–Kier alpha value is -1.84. The molecular formula is C12H16N2O2. The van der Waals surface area contributed by atoms with E-state index in [2.05, 4.69) is 10.6 Å². The van der Waals surface area contributed by atoms with Crippen molar-refractivity contribution in [3.63, 3.8) is 0 Å². The summed E-state index contributed by atoms with van der Waals surface area (Å²) in [5, 5.41) is 5.43. The highest BCUT2D eigenvalue weighted by atomic mass is 16.2. The average Bonchev–Trinajstić information content (AvgIpc) is 2.20. The van der Waals surface area contributed by atoms with Gasteiger partial charge in [0, 0.05) is 12.8 Å². The van der Waals surface area contributed by atoms with Crippen LogP contribution in [-0.2, 0) is 9.59 Å². The van der Waals surface area contributed by atoms with E-state index in [9.17, 15) is 9.59 Å². The SMILES string of the molecule is CC(=O)Nc1ccccc1NC(=O)C(C)C. The molecule has 0 fully saturated rings. The summed E-state index contributed by atoms with van der Waals surface area (Å²) in [5.74, 6) is -0.325. The second-order valence-corrected chi connectivity index (χ2v) is 3.87. The number of carbonyl (C=O) groups is 2. The van der Waals surface area contributed by atoms with Gasteiger partial charge in [0.1, 0.15) is 0 Å². The van der Waals surface area contributed by atoms with E-state index in [1.54, 1.807) is 24.3 Å². The lowest BCUT2D eigenvalue weighted by atomic mass is 10.2. The molecule has 0 atom stereocenters. The summed E-state index contributed by atoms with van der Waals surface area (Å²) in [6, 6.07) is 7.11. The Bertz CT molecular complexity index is 400. The number of hydrogen-bond donors (Lipinski definition) is 2. The number of amides is 2. The first kappa shape index (κ1) is 12.2. The maximum absolute atomic E-state index is 11.5. The van der Waals surface area contributed by atoms with Gasteiger partial charge >= 0.3 is 0 Å². The molecule has 0 heterocycles. The van der Waals surface area contributed by atoms with Gasteiger partial charge in [-0.3, -0.25) is 9.59 Å². The van der Waals surface area contributed by atoms with Gasteiger partial charge in [-0.05, 0) is 12.1 Å². The Labute approximate surface area is 95.0 Å². The maximum Gasteiger partial charge on any atom is 0.226 e. The monoisotopic (exact) mass is 220 g/mol. The summed E-state index contributed by atoms with van der Waals surface area (Å²) >= 11 is 0. The molecule has 0 saturated carbocycles. The molecule has 2 amide bonds. The fourth-order valence-electron chi connectivity index (χ4n) is 1.17. The van der Waals surface area contributed by atoms with Crippen molar-refractivity contribution in [2.75, 3.05) is 10.6 Å². The molecule has 0 aliphatic rings. The van der Waals surface area contributed by atoms with E-state index in [1.165, 1.54) is 6.92 Å². The molecule has 4 heteroatoms. The number of nitrogens with one attached hydrogen (secondary N) is 2. The van der Waals surface area contributed by atoms with Crippen LogP contribution < -0.4 is 10.6 Å². The molecule has 0 aliphatic heterocycles. The molecule has 0 saturated heterocycles. The van der Waals surface area contributed by atoms with Gasteiger partial charge in [-0.25, -0.2) is 0 Å². The zero-order chi connectivity index (χ0) is 12.1. The molecule has 0 spiro atoms. The van der Waals surface area contributed by atoms with Crippen LogP contribution in [0, 0.1) is 5.92 Å². The summed E-state index contributed by atoms with van der Waals surface area (Å²) in [6.07, 6.45) is 0. The number of hydrogen-bond acceptors (Lipinski definition) is 2. The number of rotatable bonds is 3. The molecule has 0 unspecified atom stereocenters. The van der Waals surface area contributed by atoms with Crippen molar-refractivity contribution in [3.05, 3.63) is 24.3 Å². The molecule has 0 radical (unpaired) electrons. The van der Waals surface area contributed by atoms with Crippen molar-refractivity contribution >= 4 is 23.2 Å². The zero-order valence-electron chi connectivity index (χ0n) is 9.70. The molecule has 86 valence electrons. The van der Waals surface area contributed by atoms with Gasteiger partial charge < -0.3 is 10.6 Å². The van der Waals surface area contributed by atoms with Gasteiger partial charge in [0.15, 0.2) is 0 Å². The van der Waals surface area contributed by atoms with Crippen molar-refractivity contribution in [1.82, 2.24) is 0 Å². The van der Waals surface area contributed by atoms with E-state index in [-0.39, 0.29) is 17.7 Å². The average molecular weight is 220 g/mol. The predicted octanol–water partition coefficient (Wildman–Crippen LogP) is 2.24. The van der Waals surface area contributed by atoms with E-state index < -0.39 is 0 Å². The summed E-state index contributed by atoms with van der Waals surface area (Å²) in [5.41, 5.74) is 1.24. The van der Waals surface area contributed by atoms with Gasteiger partial charge in [-0.15, -0.1) is 0 Å². The Kier molecular flexibility index (Phi) is 4.05. The first-order chi connectivity index (χ1) is 7.50. The number of para-hydroxylation sites is 2. The van der Waals surface area contributed by atoms with Crippen LogP contribution in [0.15, 0.2) is 24.3 Å². The first-order valence-electron chi connectivity index (χ1n) is 5.18. The van der Waals surface area contributed by atoms with Crippen LogP contribution in [0.5, 0.6) is 0 Å². The molecule has 0 aromatic heterocycles. The Balaban J connectivity index is 2.86. The van der Waals surface area contributed by atoms with Gasteiger partial charge in [0.25, 0.3) is 0 Å². The molecule has 0 bridgehead atoms. The molecule has 1 aromatic carbocycles. The van der Waals surface area contributed by atoms with Crippen molar-refractivity contribution in [3.8, 4) is 0 Å². The van der Waals surface area contributed by atoms with Gasteiger partial charge in [0.05, 0.1) is 11.4 Å². The Morgan fingerprint density at radius 1 is 1.06 bits per heavy atom. The second-order valence-electron chi connectivity index (χ2n) is 3.87. The third kappa shape index (κ3) is 3.38. The smallest absolute Gasteiger partial charge is 0.226 e. The third-order valence-corrected chi connectivity index (χ3v) is 2.02. The number of carbonyl (C=O) groups excluding carboxylic acids is 2. The lowest BCUT2D eigenvalue weighted by Crippen LogP contribution is -2.19. The van der Waals surface area contributed by atoms with Crippen molar-refractivity contribution in [1.29, 1.82) is 0 Å². The normalized spacial score (nSPS) is 10.0. The second kappa shape index (κ2) is 5.30. The summed E-state index contributed by atoms with van der Waals surface area (Å²) < 4.78 is 0. The molecule has 0 aliphatic carbocycles. The minimum Gasteiger partial charge on any atom is -0.325 e. The van der Waals surface area contributed by atoms with E-state index in [0.717, 1.165) is 0 Å². The van der Waals surface area contributed by atoms with Crippen LogP contribution in [0.4, 0.5) is 11.4 Å². The van der Waals surface area contributed by atoms with Gasteiger partial charge in [0.2, 0.25) is 11.8 Å². The molecule has 2 N–H and O–H groups in total. The van der Waals surface area contributed by atoms with E-state index >= 15 is 0 Å². The lowest BCUT2D eigenvalue weighted by molar-refractivity contribution is -0.119. The highest BCUT2D eigenvalue weighted by Crippen LogP contribution is 2.21. The third-order valence-electron chi connectivity index (χ3n) is 2.02. The van der Waals surface area contributed by atoms with Gasteiger partial charge in [-0.2, -0.15) is 0 Å². The first-order valence-corrected chi connectivity index (χ1v) is 5.18. The van der Waals surface area contributed by atoms with Crippen LogP contribution in [0.25, 0.3) is 0 Å². The van der Waals surface area contributed by atoms with E-state index in [4.69, 9.17) is 0 Å². The highest BCUT2D eigenvalue weighted by Gasteiger charge is 2.10. The van der Waals surface area contributed by atoms with Crippen LogP contribution in [-0.4, -0.2) is 11.8 Å². The Morgan fingerprint density at radius 2 is 1.56 bits per heavy atom. The summed E-state index contributed by atoms with van der Waals surface area (Å²) in [7, 11) is 0. The largest absolute Gasteiger partial charge is 0.325 e. The molecular weight excluding hydrogens is 204 g/mol. The lowest BCUT2D eigenvalue weighted by Gasteiger charge is -2.12. The minimum absolute atomic E-state index is 0.0715.